The van der Waals surface area contributed by atoms with E-state index in [1.165, 1.54) is 11.8 Å². The van der Waals surface area contributed by atoms with Crippen LogP contribution in [0, 0.1) is 0 Å². The molecule has 1 N–H and O–H groups in total. The molecule has 0 aromatic carbocycles. The van der Waals surface area contributed by atoms with Crippen molar-refractivity contribution in [2.75, 3.05) is 30.3 Å². The zero-order chi connectivity index (χ0) is 20.9. The van der Waals surface area contributed by atoms with Crippen molar-refractivity contribution in [1.82, 2.24) is 20.2 Å². The molecule has 1 unspecified atom stereocenters. The van der Waals surface area contributed by atoms with E-state index < -0.39 is 0 Å². The number of halogens is 1. The van der Waals surface area contributed by atoms with Gasteiger partial charge in [0.15, 0.2) is 5.16 Å². The summed E-state index contributed by atoms with van der Waals surface area (Å²) in [6, 6.07) is 1.84. The van der Waals surface area contributed by atoms with Crippen LogP contribution >= 0.6 is 23.4 Å². The number of hydrogen-bond donors (Lipinski definition) is 1. The number of carbonyl (C=O) groups excluding carboxylic acids is 2. The summed E-state index contributed by atoms with van der Waals surface area (Å²) in [6.07, 6.45) is 1.44. The van der Waals surface area contributed by atoms with Gasteiger partial charge in [-0.1, -0.05) is 30.3 Å². The minimum absolute atomic E-state index is 0.0701. The number of nitrogens with one attached hydrogen (secondary N) is 1. The second kappa shape index (κ2) is 9.78. The molecule has 2 heterocycles. The number of nitrogens with zero attached hydrogens (tertiary/aromatic N) is 4. The molecule has 1 atom stereocenters. The molecule has 0 radical (unpaired) electrons. The standard InChI is InChI=1S/C19H30ClN5O2S/c1-6-7-17(27)25-9-8-24(11-13(25)2)15-10-14(20)21-18(22-15)28-12-16(26)23-19(3,4)5/h10,13H,6-9,11-12H2,1-5H3,(H,23,26). The van der Waals surface area contributed by atoms with Crippen LogP contribution in [0.2, 0.25) is 5.15 Å². The van der Waals surface area contributed by atoms with Crippen LogP contribution in [0.15, 0.2) is 11.2 Å². The van der Waals surface area contributed by atoms with Crippen LogP contribution in [-0.4, -0.2) is 63.7 Å². The summed E-state index contributed by atoms with van der Waals surface area (Å²) in [7, 11) is 0. The average molecular weight is 428 g/mol. The van der Waals surface area contributed by atoms with Gasteiger partial charge in [0.1, 0.15) is 11.0 Å². The van der Waals surface area contributed by atoms with Gasteiger partial charge in [-0.3, -0.25) is 9.59 Å². The Balaban J connectivity index is 2.01. The Bertz CT molecular complexity index is 710. The van der Waals surface area contributed by atoms with Crippen LogP contribution in [0.25, 0.3) is 0 Å². The minimum atomic E-state index is -0.275. The SMILES string of the molecule is CCCC(=O)N1CCN(c2cc(Cl)nc(SCC(=O)NC(C)(C)C)n2)CC1C. The van der Waals surface area contributed by atoms with E-state index in [2.05, 4.69) is 27.1 Å². The molecule has 9 heteroatoms. The Hall–Kier alpha value is -1.54. The molecular formula is C19H30ClN5O2S. The van der Waals surface area contributed by atoms with Crippen LogP contribution in [0.3, 0.4) is 0 Å². The highest BCUT2D eigenvalue weighted by molar-refractivity contribution is 7.99. The summed E-state index contributed by atoms with van der Waals surface area (Å²) in [5.74, 6) is 1.09. The smallest absolute Gasteiger partial charge is 0.230 e. The van der Waals surface area contributed by atoms with E-state index in [1.807, 2.05) is 32.6 Å². The molecule has 2 amide bonds. The van der Waals surface area contributed by atoms with Gasteiger partial charge in [0.2, 0.25) is 11.8 Å². The van der Waals surface area contributed by atoms with Gasteiger partial charge in [-0.15, -0.1) is 0 Å². The van der Waals surface area contributed by atoms with Crippen LogP contribution in [0.5, 0.6) is 0 Å². The first-order valence-electron chi connectivity index (χ1n) is 9.62. The van der Waals surface area contributed by atoms with E-state index in [0.717, 1.165) is 12.2 Å². The van der Waals surface area contributed by atoms with E-state index in [4.69, 9.17) is 11.6 Å². The van der Waals surface area contributed by atoms with Crippen molar-refractivity contribution < 1.29 is 9.59 Å². The van der Waals surface area contributed by atoms with Crippen molar-refractivity contribution in [3.05, 3.63) is 11.2 Å². The third-order valence-electron chi connectivity index (χ3n) is 4.24. The lowest BCUT2D eigenvalue weighted by molar-refractivity contribution is -0.133. The van der Waals surface area contributed by atoms with E-state index in [1.54, 1.807) is 6.07 Å². The van der Waals surface area contributed by atoms with Crippen molar-refractivity contribution in [3.8, 4) is 0 Å². The van der Waals surface area contributed by atoms with Crippen LogP contribution in [0.1, 0.15) is 47.5 Å². The largest absolute Gasteiger partial charge is 0.353 e. The number of hydrogen-bond acceptors (Lipinski definition) is 6. The van der Waals surface area contributed by atoms with Gasteiger partial charge in [-0.05, 0) is 34.1 Å². The van der Waals surface area contributed by atoms with Gasteiger partial charge in [-0.25, -0.2) is 9.97 Å². The maximum atomic E-state index is 12.2. The van der Waals surface area contributed by atoms with Crippen molar-refractivity contribution in [1.29, 1.82) is 0 Å². The number of rotatable bonds is 6. The highest BCUT2D eigenvalue weighted by atomic mass is 35.5. The third-order valence-corrected chi connectivity index (χ3v) is 5.28. The fourth-order valence-corrected chi connectivity index (χ4v) is 3.97. The number of amides is 2. The molecule has 1 aromatic heterocycles. The summed E-state index contributed by atoms with van der Waals surface area (Å²) < 4.78 is 0. The molecule has 1 fully saturated rings. The predicted octanol–water partition coefficient (Wildman–Crippen LogP) is 2.97. The summed E-state index contributed by atoms with van der Waals surface area (Å²) in [4.78, 5) is 37.1. The lowest BCUT2D eigenvalue weighted by Crippen LogP contribution is -2.54. The van der Waals surface area contributed by atoms with Crippen molar-refractivity contribution in [2.45, 2.75) is 64.2 Å². The summed E-state index contributed by atoms with van der Waals surface area (Å²) >= 11 is 7.46. The Kier molecular flexibility index (Phi) is 7.95. The van der Waals surface area contributed by atoms with Gasteiger partial charge in [-0.2, -0.15) is 0 Å². The second-order valence-electron chi connectivity index (χ2n) is 8.05. The maximum Gasteiger partial charge on any atom is 0.230 e. The molecule has 0 bridgehead atoms. The van der Waals surface area contributed by atoms with Crippen molar-refractivity contribution >= 4 is 41.0 Å². The topological polar surface area (TPSA) is 78.4 Å². The normalized spacial score (nSPS) is 17.6. The molecule has 0 spiro atoms. The second-order valence-corrected chi connectivity index (χ2v) is 9.38. The van der Waals surface area contributed by atoms with Crippen molar-refractivity contribution in [2.24, 2.45) is 0 Å². The molecule has 0 aliphatic carbocycles. The first-order valence-corrected chi connectivity index (χ1v) is 11.0. The maximum absolute atomic E-state index is 12.2. The first kappa shape index (κ1) is 22.7. The minimum Gasteiger partial charge on any atom is -0.353 e. The lowest BCUT2D eigenvalue weighted by Gasteiger charge is -2.40. The van der Waals surface area contributed by atoms with E-state index in [9.17, 15) is 9.59 Å². The van der Waals surface area contributed by atoms with Crippen molar-refractivity contribution in [3.63, 3.8) is 0 Å². The molecule has 156 valence electrons. The molecule has 0 saturated carbocycles. The highest BCUT2D eigenvalue weighted by Crippen LogP contribution is 2.24. The van der Waals surface area contributed by atoms with Gasteiger partial charge in [0, 0.05) is 43.7 Å². The molecule has 28 heavy (non-hydrogen) atoms. The molecule has 2 rings (SSSR count). The van der Waals surface area contributed by atoms with Crippen LogP contribution in [-0.2, 0) is 9.59 Å². The Morgan fingerprint density at radius 2 is 2.04 bits per heavy atom. The number of anilines is 1. The number of carbonyl (C=O) groups is 2. The van der Waals surface area contributed by atoms with Crippen LogP contribution < -0.4 is 10.2 Å². The van der Waals surface area contributed by atoms with Crippen LogP contribution in [0.4, 0.5) is 5.82 Å². The van der Waals surface area contributed by atoms with Gasteiger partial charge >= 0.3 is 0 Å². The first-order chi connectivity index (χ1) is 13.1. The van der Waals surface area contributed by atoms with Gasteiger partial charge < -0.3 is 15.1 Å². The van der Waals surface area contributed by atoms with E-state index >= 15 is 0 Å². The molecule has 7 nitrogen and oxygen atoms in total. The fourth-order valence-electron chi connectivity index (χ4n) is 3.09. The number of piperazine rings is 1. The Morgan fingerprint density at radius 3 is 2.64 bits per heavy atom. The molecular weight excluding hydrogens is 398 g/mol. The number of thioether (sulfide) groups is 1. The van der Waals surface area contributed by atoms with E-state index in [0.29, 0.717) is 36.4 Å². The summed E-state index contributed by atoms with van der Waals surface area (Å²) in [5.41, 5.74) is -0.275. The quantitative estimate of drug-likeness (QED) is 0.427. The monoisotopic (exact) mass is 427 g/mol. The van der Waals surface area contributed by atoms with E-state index in [-0.39, 0.29) is 29.1 Å². The lowest BCUT2D eigenvalue weighted by atomic mass is 10.1. The average Bonchev–Trinajstić information content (AvgIpc) is 2.58. The summed E-state index contributed by atoms with van der Waals surface area (Å²) in [5, 5.41) is 3.74. The van der Waals surface area contributed by atoms with Gasteiger partial charge in [0.05, 0.1) is 5.75 Å². The Morgan fingerprint density at radius 1 is 1.32 bits per heavy atom. The van der Waals surface area contributed by atoms with Gasteiger partial charge in [0.25, 0.3) is 0 Å². The molecule has 1 saturated heterocycles. The number of aromatic nitrogens is 2. The highest BCUT2D eigenvalue weighted by Gasteiger charge is 2.28. The molecule has 1 aromatic rings. The molecule has 1 aliphatic rings. The third kappa shape index (κ3) is 6.81. The fraction of sp³-hybridized carbons (Fsp3) is 0.684. The Labute approximate surface area is 176 Å². The predicted molar refractivity (Wildman–Crippen MR) is 114 cm³/mol. The molecule has 1 aliphatic heterocycles. The zero-order valence-corrected chi connectivity index (χ0v) is 18.9. The zero-order valence-electron chi connectivity index (χ0n) is 17.3. The summed E-state index contributed by atoms with van der Waals surface area (Å²) in [6.45, 7) is 11.9.